The van der Waals surface area contributed by atoms with Gasteiger partial charge in [0.15, 0.2) is 5.13 Å². The Labute approximate surface area is 188 Å². The van der Waals surface area contributed by atoms with Crippen LogP contribution in [0, 0.1) is 19.8 Å². The fourth-order valence-corrected chi connectivity index (χ4v) is 5.86. The number of amides is 1. The molecule has 5 nitrogen and oxygen atoms in total. The van der Waals surface area contributed by atoms with Crippen molar-refractivity contribution in [2.75, 3.05) is 49.1 Å². The third kappa shape index (κ3) is 4.26. The Kier molecular flexibility index (Phi) is 5.57. The maximum Gasteiger partial charge on any atom is 0.225 e. The van der Waals surface area contributed by atoms with E-state index in [1.807, 2.05) is 0 Å². The zero-order valence-electron chi connectivity index (χ0n) is 18.4. The molecule has 2 fully saturated rings. The summed E-state index contributed by atoms with van der Waals surface area (Å²) in [5.74, 6) is 0.502. The lowest BCUT2D eigenvalue weighted by Crippen LogP contribution is -2.51. The number of piperazine rings is 1. The highest BCUT2D eigenvalue weighted by atomic mass is 32.1. The van der Waals surface area contributed by atoms with E-state index in [2.05, 4.69) is 71.0 Å². The lowest BCUT2D eigenvalue weighted by molar-refractivity contribution is -0.136. The molecule has 5 rings (SSSR count). The molecule has 2 aliphatic heterocycles. The number of anilines is 2. The third-order valence-corrected chi connectivity index (χ3v) is 7.68. The van der Waals surface area contributed by atoms with Crippen LogP contribution < -0.4 is 9.80 Å². The van der Waals surface area contributed by atoms with Crippen LogP contribution in [0.3, 0.4) is 0 Å². The number of benzene rings is 2. The summed E-state index contributed by atoms with van der Waals surface area (Å²) in [6, 6.07) is 15.1. The fourth-order valence-electron chi connectivity index (χ4n) is 4.74. The SMILES string of the molecule is Cc1cccc(N2CCN(C(=O)C3CCN(c4nc5ccc(C)cc5s4)CC3)CC2)c1. The summed E-state index contributed by atoms with van der Waals surface area (Å²) in [7, 11) is 0. The van der Waals surface area contributed by atoms with Gasteiger partial charge in [0, 0.05) is 50.9 Å². The Balaban J connectivity index is 1.16. The van der Waals surface area contributed by atoms with Crippen molar-refractivity contribution in [3.8, 4) is 0 Å². The normalized spacial score (nSPS) is 18.1. The van der Waals surface area contributed by atoms with E-state index in [4.69, 9.17) is 4.98 Å². The number of nitrogens with zero attached hydrogens (tertiary/aromatic N) is 4. The van der Waals surface area contributed by atoms with Crippen LogP contribution in [0.2, 0.25) is 0 Å². The molecule has 3 aromatic rings. The summed E-state index contributed by atoms with van der Waals surface area (Å²) in [5, 5.41) is 1.10. The number of carbonyl (C=O) groups excluding carboxylic acids is 1. The number of piperidine rings is 1. The van der Waals surface area contributed by atoms with Crippen molar-refractivity contribution in [1.29, 1.82) is 0 Å². The van der Waals surface area contributed by atoms with Crippen LogP contribution in [-0.4, -0.2) is 55.1 Å². The van der Waals surface area contributed by atoms with Crippen LogP contribution in [-0.2, 0) is 4.79 Å². The Bertz CT molecular complexity index is 1080. The highest BCUT2D eigenvalue weighted by Crippen LogP contribution is 2.32. The van der Waals surface area contributed by atoms with Gasteiger partial charge in [-0.1, -0.05) is 29.5 Å². The van der Waals surface area contributed by atoms with E-state index in [1.54, 1.807) is 11.3 Å². The average Bonchev–Trinajstić information content (AvgIpc) is 3.22. The second-order valence-electron chi connectivity index (χ2n) is 8.88. The van der Waals surface area contributed by atoms with Gasteiger partial charge >= 0.3 is 0 Å². The standard InChI is InChI=1S/C25H30N4OS/c1-18-4-3-5-21(16-18)27-12-14-28(15-13-27)24(30)20-8-10-29(11-9-20)25-26-22-7-6-19(2)17-23(22)31-25/h3-7,16-17,20H,8-15H2,1-2H3. The largest absolute Gasteiger partial charge is 0.368 e. The summed E-state index contributed by atoms with van der Waals surface area (Å²) in [5.41, 5.74) is 4.90. The van der Waals surface area contributed by atoms with Crippen molar-refractivity contribution in [2.45, 2.75) is 26.7 Å². The van der Waals surface area contributed by atoms with E-state index in [0.717, 1.165) is 62.8 Å². The first-order valence-electron chi connectivity index (χ1n) is 11.3. The quantitative estimate of drug-likeness (QED) is 0.609. The van der Waals surface area contributed by atoms with E-state index in [9.17, 15) is 4.79 Å². The van der Waals surface area contributed by atoms with Gasteiger partial charge in [0.2, 0.25) is 5.91 Å². The van der Waals surface area contributed by atoms with Gasteiger partial charge in [0.05, 0.1) is 10.2 Å². The first-order valence-corrected chi connectivity index (χ1v) is 12.1. The predicted molar refractivity (Wildman–Crippen MR) is 129 cm³/mol. The minimum absolute atomic E-state index is 0.151. The molecule has 2 saturated heterocycles. The van der Waals surface area contributed by atoms with Gasteiger partial charge in [-0.05, 0) is 62.1 Å². The lowest BCUT2D eigenvalue weighted by atomic mass is 9.95. The predicted octanol–water partition coefficient (Wildman–Crippen LogP) is 4.48. The topological polar surface area (TPSA) is 39.7 Å². The van der Waals surface area contributed by atoms with E-state index >= 15 is 0 Å². The minimum Gasteiger partial charge on any atom is -0.368 e. The minimum atomic E-state index is 0.151. The van der Waals surface area contributed by atoms with Crippen LogP contribution in [0.1, 0.15) is 24.0 Å². The number of fused-ring (bicyclic) bond motifs is 1. The van der Waals surface area contributed by atoms with Crippen LogP contribution in [0.15, 0.2) is 42.5 Å². The summed E-state index contributed by atoms with van der Waals surface area (Å²) in [6.45, 7) is 9.56. The maximum absolute atomic E-state index is 13.1. The third-order valence-electron chi connectivity index (χ3n) is 6.61. The molecule has 0 spiro atoms. The molecule has 31 heavy (non-hydrogen) atoms. The van der Waals surface area contributed by atoms with Crippen molar-refractivity contribution in [1.82, 2.24) is 9.88 Å². The molecule has 0 N–H and O–H groups in total. The molecular formula is C25H30N4OS. The molecule has 0 atom stereocenters. The molecule has 3 heterocycles. The monoisotopic (exact) mass is 434 g/mol. The van der Waals surface area contributed by atoms with Crippen molar-refractivity contribution in [2.24, 2.45) is 5.92 Å². The van der Waals surface area contributed by atoms with Crippen LogP contribution in [0.25, 0.3) is 10.2 Å². The Morgan fingerprint density at radius 1 is 0.903 bits per heavy atom. The van der Waals surface area contributed by atoms with Crippen LogP contribution >= 0.6 is 11.3 Å². The van der Waals surface area contributed by atoms with Gasteiger partial charge < -0.3 is 14.7 Å². The Morgan fingerprint density at radius 2 is 1.65 bits per heavy atom. The highest BCUT2D eigenvalue weighted by Gasteiger charge is 2.31. The number of hydrogen-bond donors (Lipinski definition) is 0. The highest BCUT2D eigenvalue weighted by molar-refractivity contribution is 7.22. The van der Waals surface area contributed by atoms with Gasteiger partial charge in [-0.2, -0.15) is 0 Å². The van der Waals surface area contributed by atoms with Gasteiger partial charge in [0.1, 0.15) is 0 Å². The second-order valence-corrected chi connectivity index (χ2v) is 9.89. The van der Waals surface area contributed by atoms with Crippen molar-refractivity contribution >= 4 is 38.3 Å². The second kappa shape index (κ2) is 8.50. The number of rotatable bonds is 3. The zero-order valence-corrected chi connectivity index (χ0v) is 19.2. The summed E-state index contributed by atoms with van der Waals surface area (Å²) in [4.78, 5) is 24.8. The van der Waals surface area contributed by atoms with Gasteiger partial charge in [-0.25, -0.2) is 4.98 Å². The first kappa shape index (κ1) is 20.3. The molecule has 6 heteroatoms. The summed E-state index contributed by atoms with van der Waals surface area (Å²) < 4.78 is 1.25. The summed E-state index contributed by atoms with van der Waals surface area (Å²) >= 11 is 1.77. The van der Waals surface area contributed by atoms with Gasteiger partial charge in [0.25, 0.3) is 0 Å². The maximum atomic E-state index is 13.1. The molecule has 2 aliphatic rings. The van der Waals surface area contributed by atoms with Crippen LogP contribution in [0.4, 0.5) is 10.8 Å². The summed E-state index contributed by atoms with van der Waals surface area (Å²) in [6.07, 6.45) is 1.85. The van der Waals surface area contributed by atoms with Crippen molar-refractivity contribution < 1.29 is 4.79 Å². The fraction of sp³-hybridized carbons (Fsp3) is 0.440. The first-order chi connectivity index (χ1) is 15.1. The van der Waals surface area contributed by atoms with E-state index in [0.29, 0.717) is 5.91 Å². The van der Waals surface area contributed by atoms with Crippen molar-refractivity contribution in [3.05, 3.63) is 53.6 Å². The number of aromatic nitrogens is 1. The van der Waals surface area contributed by atoms with Gasteiger partial charge in [-0.15, -0.1) is 0 Å². The molecule has 1 amide bonds. The molecule has 0 unspecified atom stereocenters. The van der Waals surface area contributed by atoms with Gasteiger partial charge in [-0.3, -0.25) is 4.79 Å². The lowest BCUT2D eigenvalue weighted by Gasteiger charge is -2.39. The van der Waals surface area contributed by atoms with Crippen molar-refractivity contribution in [3.63, 3.8) is 0 Å². The number of carbonyl (C=O) groups is 1. The number of aryl methyl sites for hydroxylation is 2. The van der Waals surface area contributed by atoms with E-state index in [-0.39, 0.29) is 5.92 Å². The number of hydrogen-bond acceptors (Lipinski definition) is 5. The smallest absolute Gasteiger partial charge is 0.225 e. The molecule has 2 aromatic carbocycles. The average molecular weight is 435 g/mol. The molecule has 0 bridgehead atoms. The molecule has 162 valence electrons. The molecule has 0 aliphatic carbocycles. The Morgan fingerprint density at radius 3 is 2.39 bits per heavy atom. The van der Waals surface area contributed by atoms with Crippen LogP contribution in [0.5, 0.6) is 0 Å². The molecule has 0 radical (unpaired) electrons. The Hall–Kier alpha value is -2.60. The zero-order chi connectivity index (χ0) is 21.4. The molecule has 0 saturated carbocycles. The van der Waals surface area contributed by atoms with E-state index in [1.165, 1.54) is 21.5 Å². The molecular weight excluding hydrogens is 404 g/mol. The molecule has 1 aromatic heterocycles. The number of thiazole rings is 1. The van der Waals surface area contributed by atoms with E-state index < -0.39 is 0 Å².